The van der Waals surface area contributed by atoms with Gasteiger partial charge >= 0.3 is 0 Å². The number of aromatic amines is 1. The fourth-order valence-corrected chi connectivity index (χ4v) is 4.52. The van der Waals surface area contributed by atoms with Crippen LogP contribution >= 0.6 is 0 Å². The first-order valence-electron chi connectivity index (χ1n) is 10.8. The molecule has 6 heteroatoms. The van der Waals surface area contributed by atoms with Crippen LogP contribution in [0.5, 0.6) is 17.2 Å². The summed E-state index contributed by atoms with van der Waals surface area (Å²) in [5.74, 6) is 3.34. The highest BCUT2D eigenvalue weighted by molar-refractivity contribution is 5.88. The van der Waals surface area contributed by atoms with Crippen LogP contribution in [-0.2, 0) is 0 Å². The molecule has 0 aliphatic carbocycles. The molecule has 2 aromatic carbocycles. The quantitative estimate of drug-likeness (QED) is 0.651. The largest absolute Gasteiger partial charge is 0.495 e. The highest BCUT2D eigenvalue weighted by atomic mass is 16.6. The summed E-state index contributed by atoms with van der Waals surface area (Å²) in [7, 11) is 1.74. The van der Waals surface area contributed by atoms with E-state index < -0.39 is 0 Å². The first kappa shape index (κ1) is 19.1. The molecule has 3 aromatic rings. The van der Waals surface area contributed by atoms with Gasteiger partial charge < -0.3 is 29.4 Å². The van der Waals surface area contributed by atoms with E-state index in [-0.39, 0.29) is 6.10 Å². The molecule has 2 N–H and O–H groups in total. The first-order valence-corrected chi connectivity index (χ1v) is 10.8. The summed E-state index contributed by atoms with van der Waals surface area (Å²) in [6.45, 7) is 4.53. The molecule has 1 fully saturated rings. The molecule has 1 atom stereocenters. The lowest BCUT2D eigenvalue weighted by atomic mass is 9.96. The van der Waals surface area contributed by atoms with Crippen molar-refractivity contribution in [3.8, 4) is 17.2 Å². The van der Waals surface area contributed by atoms with Crippen LogP contribution in [0.4, 0.5) is 5.69 Å². The van der Waals surface area contributed by atoms with Gasteiger partial charge in [-0.3, -0.25) is 0 Å². The number of hydrogen-bond donors (Lipinski definition) is 2. The highest BCUT2D eigenvalue weighted by Crippen LogP contribution is 2.38. The number of aromatic nitrogens is 1. The minimum Gasteiger partial charge on any atom is -0.495 e. The average molecular weight is 408 g/mol. The predicted octanol–water partition coefficient (Wildman–Crippen LogP) is 3.82. The van der Waals surface area contributed by atoms with Crippen molar-refractivity contribution in [2.24, 2.45) is 5.92 Å². The Labute approximate surface area is 177 Å². The van der Waals surface area contributed by atoms with Gasteiger partial charge in [0.1, 0.15) is 18.5 Å². The summed E-state index contributed by atoms with van der Waals surface area (Å²) in [6.07, 6.45) is 4.33. The van der Waals surface area contributed by atoms with Gasteiger partial charge in [0.2, 0.25) is 0 Å². The molecule has 158 valence electrons. The molecular weight excluding hydrogens is 378 g/mol. The molecule has 0 spiro atoms. The monoisotopic (exact) mass is 407 g/mol. The van der Waals surface area contributed by atoms with Crippen molar-refractivity contribution in [2.45, 2.75) is 18.9 Å². The van der Waals surface area contributed by atoms with Gasteiger partial charge in [0.05, 0.1) is 12.8 Å². The van der Waals surface area contributed by atoms with Gasteiger partial charge in [-0.15, -0.1) is 0 Å². The third-order valence-corrected chi connectivity index (χ3v) is 6.20. The molecule has 2 aliphatic heterocycles. The summed E-state index contributed by atoms with van der Waals surface area (Å²) in [5, 5.41) is 4.70. The van der Waals surface area contributed by atoms with Crippen LogP contribution in [0.1, 0.15) is 12.8 Å². The van der Waals surface area contributed by atoms with Gasteiger partial charge in [0.15, 0.2) is 11.5 Å². The average Bonchev–Trinajstić information content (AvgIpc) is 3.29. The fraction of sp³-hybridized carbons (Fsp3) is 0.417. The van der Waals surface area contributed by atoms with E-state index in [0.29, 0.717) is 12.5 Å². The molecule has 5 rings (SSSR count). The molecule has 1 saturated heterocycles. The number of ether oxygens (including phenoxy) is 3. The summed E-state index contributed by atoms with van der Waals surface area (Å²) < 4.78 is 17.7. The molecule has 0 radical (unpaired) electrons. The molecule has 30 heavy (non-hydrogen) atoms. The lowest BCUT2D eigenvalue weighted by Gasteiger charge is -2.34. The Morgan fingerprint density at radius 3 is 2.83 bits per heavy atom. The van der Waals surface area contributed by atoms with Crippen molar-refractivity contribution < 1.29 is 14.2 Å². The standard InChI is InChI=1S/C24H29N3O3/c1-28-22-5-3-2-4-21(22)27-12-9-17(10-13-27)14-25-15-18-16-29-23-7-6-20-19(8-11-26-20)24(23)30-18/h2-8,11,17-18,25-26H,9-10,12-16H2,1H3/t18-/m0/s1. The van der Waals surface area contributed by atoms with Crippen molar-refractivity contribution in [1.82, 2.24) is 10.3 Å². The van der Waals surface area contributed by atoms with E-state index in [1.54, 1.807) is 7.11 Å². The number of para-hydroxylation sites is 2. The summed E-state index contributed by atoms with van der Waals surface area (Å²) in [4.78, 5) is 5.67. The SMILES string of the molecule is COc1ccccc1N1CCC(CNC[C@H]2COc3ccc4[nH]ccc4c3O2)CC1. The Hall–Kier alpha value is -2.86. The number of piperidine rings is 1. The Balaban J connectivity index is 1.10. The molecule has 0 bridgehead atoms. The normalized spacial score (nSPS) is 19.2. The lowest BCUT2D eigenvalue weighted by Crippen LogP contribution is -2.42. The lowest BCUT2D eigenvalue weighted by molar-refractivity contribution is 0.0914. The van der Waals surface area contributed by atoms with Crippen molar-refractivity contribution in [3.63, 3.8) is 0 Å². The van der Waals surface area contributed by atoms with Crippen LogP contribution in [0, 0.1) is 5.92 Å². The zero-order valence-corrected chi connectivity index (χ0v) is 17.4. The second kappa shape index (κ2) is 8.48. The van der Waals surface area contributed by atoms with E-state index in [4.69, 9.17) is 14.2 Å². The molecule has 3 heterocycles. The zero-order chi connectivity index (χ0) is 20.3. The van der Waals surface area contributed by atoms with E-state index in [9.17, 15) is 0 Å². The second-order valence-corrected chi connectivity index (χ2v) is 8.14. The van der Waals surface area contributed by atoms with Crippen LogP contribution in [0.3, 0.4) is 0 Å². The number of anilines is 1. The van der Waals surface area contributed by atoms with Gasteiger partial charge in [-0.05, 0) is 55.6 Å². The minimum absolute atomic E-state index is 0.0340. The molecule has 1 aromatic heterocycles. The molecule has 0 saturated carbocycles. The summed E-state index contributed by atoms with van der Waals surface area (Å²) >= 11 is 0. The minimum atomic E-state index is 0.0340. The van der Waals surface area contributed by atoms with Crippen molar-refractivity contribution in [2.75, 3.05) is 44.8 Å². The van der Waals surface area contributed by atoms with E-state index >= 15 is 0 Å². The van der Waals surface area contributed by atoms with Crippen LogP contribution in [0.25, 0.3) is 10.9 Å². The third-order valence-electron chi connectivity index (χ3n) is 6.20. The van der Waals surface area contributed by atoms with Crippen LogP contribution in [-0.4, -0.2) is 51.0 Å². The Morgan fingerprint density at radius 1 is 1.10 bits per heavy atom. The Morgan fingerprint density at radius 2 is 1.97 bits per heavy atom. The van der Waals surface area contributed by atoms with Gasteiger partial charge in [-0.2, -0.15) is 0 Å². The number of hydrogen-bond acceptors (Lipinski definition) is 5. The molecule has 0 unspecified atom stereocenters. The number of rotatable bonds is 6. The van der Waals surface area contributed by atoms with Crippen LogP contribution in [0.2, 0.25) is 0 Å². The fourth-order valence-electron chi connectivity index (χ4n) is 4.52. The van der Waals surface area contributed by atoms with Crippen molar-refractivity contribution in [3.05, 3.63) is 48.7 Å². The van der Waals surface area contributed by atoms with E-state index in [2.05, 4.69) is 27.3 Å². The number of nitrogens with one attached hydrogen (secondary N) is 2. The predicted molar refractivity (Wildman–Crippen MR) is 119 cm³/mol. The van der Waals surface area contributed by atoms with Gasteiger partial charge in [0.25, 0.3) is 0 Å². The maximum Gasteiger partial charge on any atom is 0.171 e. The number of nitrogens with zero attached hydrogens (tertiary/aromatic N) is 1. The van der Waals surface area contributed by atoms with Crippen molar-refractivity contribution >= 4 is 16.6 Å². The Kier molecular flexibility index (Phi) is 5.41. The van der Waals surface area contributed by atoms with E-state index in [1.807, 2.05) is 36.5 Å². The van der Waals surface area contributed by atoms with Crippen LogP contribution in [0.15, 0.2) is 48.7 Å². The first-order chi connectivity index (χ1) is 14.8. The third kappa shape index (κ3) is 3.79. The Bertz CT molecular complexity index is 994. The maximum atomic E-state index is 6.26. The van der Waals surface area contributed by atoms with E-state index in [0.717, 1.165) is 54.3 Å². The molecular formula is C24H29N3O3. The number of fused-ring (bicyclic) bond motifs is 3. The second-order valence-electron chi connectivity index (χ2n) is 8.14. The molecule has 2 aliphatic rings. The smallest absolute Gasteiger partial charge is 0.171 e. The van der Waals surface area contributed by atoms with Gasteiger partial charge in [0, 0.05) is 36.7 Å². The summed E-state index contributed by atoms with van der Waals surface area (Å²) in [5.41, 5.74) is 2.28. The number of methoxy groups -OCH3 is 1. The molecule has 6 nitrogen and oxygen atoms in total. The van der Waals surface area contributed by atoms with Gasteiger partial charge in [-0.1, -0.05) is 12.1 Å². The maximum absolute atomic E-state index is 6.26. The molecule has 0 amide bonds. The van der Waals surface area contributed by atoms with Crippen molar-refractivity contribution in [1.29, 1.82) is 0 Å². The summed E-state index contributed by atoms with van der Waals surface area (Å²) in [6, 6.07) is 14.3. The van der Waals surface area contributed by atoms with E-state index in [1.165, 1.54) is 18.5 Å². The highest BCUT2D eigenvalue weighted by Gasteiger charge is 2.25. The zero-order valence-electron chi connectivity index (χ0n) is 17.4. The topological polar surface area (TPSA) is 58.8 Å². The number of benzene rings is 2. The number of H-pyrrole nitrogens is 1. The van der Waals surface area contributed by atoms with Crippen LogP contribution < -0.4 is 24.4 Å². The van der Waals surface area contributed by atoms with Gasteiger partial charge in [-0.25, -0.2) is 0 Å².